The first kappa shape index (κ1) is 14.5. The number of nitrogens with one attached hydrogen (secondary N) is 1. The molecule has 20 heavy (non-hydrogen) atoms. The Morgan fingerprint density at radius 1 is 1.50 bits per heavy atom. The van der Waals surface area contributed by atoms with Gasteiger partial charge in [0.25, 0.3) is 0 Å². The number of ether oxygens (including phenoxy) is 2. The standard InChI is InChI=1S/C13H20N4O3/c1-2-20-11-3-5-14-13(16-11)15-6-4-12(18)17-7-9-19-10-8-17/h3,5H,2,4,6-10H2,1H3,(H,14,15,16). The Hall–Kier alpha value is -1.89. The topological polar surface area (TPSA) is 76.6 Å². The van der Waals surface area contributed by atoms with Crippen LogP contribution in [0.2, 0.25) is 0 Å². The minimum atomic E-state index is 0.127. The summed E-state index contributed by atoms with van der Waals surface area (Å²) in [6, 6.07) is 1.70. The quantitative estimate of drug-likeness (QED) is 0.819. The average Bonchev–Trinajstić information content (AvgIpc) is 2.49. The highest BCUT2D eigenvalue weighted by Gasteiger charge is 2.16. The molecule has 2 heterocycles. The average molecular weight is 280 g/mol. The summed E-state index contributed by atoms with van der Waals surface area (Å²) in [6.07, 6.45) is 2.05. The van der Waals surface area contributed by atoms with Crippen molar-refractivity contribution in [3.05, 3.63) is 12.3 Å². The van der Waals surface area contributed by atoms with Crippen molar-refractivity contribution in [2.45, 2.75) is 13.3 Å². The van der Waals surface area contributed by atoms with Gasteiger partial charge in [-0.1, -0.05) is 0 Å². The number of carbonyl (C=O) groups is 1. The second-order valence-electron chi connectivity index (χ2n) is 4.32. The van der Waals surface area contributed by atoms with E-state index < -0.39 is 0 Å². The summed E-state index contributed by atoms with van der Waals surface area (Å²) in [7, 11) is 0. The third-order valence-electron chi connectivity index (χ3n) is 2.91. The smallest absolute Gasteiger partial charge is 0.225 e. The van der Waals surface area contributed by atoms with E-state index in [9.17, 15) is 4.79 Å². The van der Waals surface area contributed by atoms with E-state index in [-0.39, 0.29) is 5.91 Å². The fourth-order valence-electron chi connectivity index (χ4n) is 1.91. The maximum atomic E-state index is 11.9. The molecule has 0 unspecified atom stereocenters. The predicted molar refractivity (Wildman–Crippen MR) is 73.7 cm³/mol. The SMILES string of the molecule is CCOc1ccnc(NCCC(=O)N2CCOCC2)n1. The van der Waals surface area contributed by atoms with E-state index in [4.69, 9.17) is 9.47 Å². The Morgan fingerprint density at radius 2 is 2.30 bits per heavy atom. The maximum Gasteiger partial charge on any atom is 0.225 e. The van der Waals surface area contributed by atoms with E-state index in [1.54, 1.807) is 12.3 Å². The first-order valence-electron chi connectivity index (χ1n) is 6.85. The van der Waals surface area contributed by atoms with E-state index in [1.807, 2.05) is 11.8 Å². The summed E-state index contributed by atoms with van der Waals surface area (Å²) in [5.41, 5.74) is 0. The monoisotopic (exact) mass is 280 g/mol. The number of rotatable bonds is 6. The van der Waals surface area contributed by atoms with Crippen LogP contribution in [0.25, 0.3) is 0 Å². The molecule has 1 N–H and O–H groups in total. The number of nitrogens with zero attached hydrogens (tertiary/aromatic N) is 3. The molecule has 1 fully saturated rings. The molecule has 7 heteroatoms. The van der Waals surface area contributed by atoms with Crippen LogP contribution in [0.4, 0.5) is 5.95 Å². The van der Waals surface area contributed by atoms with E-state index in [2.05, 4.69) is 15.3 Å². The van der Waals surface area contributed by atoms with Crippen LogP contribution in [-0.4, -0.2) is 60.2 Å². The number of anilines is 1. The minimum absolute atomic E-state index is 0.127. The molecule has 0 aliphatic carbocycles. The third-order valence-corrected chi connectivity index (χ3v) is 2.91. The van der Waals surface area contributed by atoms with Crippen molar-refractivity contribution in [1.82, 2.24) is 14.9 Å². The van der Waals surface area contributed by atoms with Crippen LogP contribution in [0.3, 0.4) is 0 Å². The highest BCUT2D eigenvalue weighted by atomic mass is 16.5. The molecule has 0 spiro atoms. The molecule has 0 saturated carbocycles. The summed E-state index contributed by atoms with van der Waals surface area (Å²) >= 11 is 0. The van der Waals surface area contributed by atoms with Crippen molar-refractivity contribution >= 4 is 11.9 Å². The Balaban J connectivity index is 1.74. The molecular weight excluding hydrogens is 260 g/mol. The van der Waals surface area contributed by atoms with Crippen molar-refractivity contribution in [3.63, 3.8) is 0 Å². The van der Waals surface area contributed by atoms with Crippen LogP contribution >= 0.6 is 0 Å². The van der Waals surface area contributed by atoms with Gasteiger partial charge in [0, 0.05) is 38.3 Å². The van der Waals surface area contributed by atoms with Crippen LogP contribution < -0.4 is 10.1 Å². The van der Waals surface area contributed by atoms with Gasteiger partial charge >= 0.3 is 0 Å². The van der Waals surface area contributed by atoms with Gasteiger partial charge in [0.1, 0.15) is 0 Å². The lowest BCUT2D eigenvalue weighted by Crippen LogP contribution is -2.41. The van der Waals surface area contributed by atoms with Gasteiger partial charge < -0.3 is 19.7 Å². The summed E-state index contributed by atoms with van der Waals surface area (Å²) in [5, 5.41) is 3.03. The van der Waals surface area contributed by atoms with Crippen LogP contribution in [0, 0.1) is 0 Å². The Labute approximate surface area is 118 Å². The zero-order chi connectivity index (χ0) is 14.2. The molecular formula is C13H20N4O3. The molecule has 1 aliphatic heterocycles. The summed E-state index contributed by atoms with van der Waals surface area (Å²) in [5.74, 6) is 1.14. The summed E-state index contributed by atoms with van der Waals surface area (Å²) in [6.45, 7) is 5.57. The summed E-state index contributed by atoms with van der Waals surface area (Å²) in [4.78, 5) is 22.0. The molecule has 1 aliphatic rings. The summed E-state index contributed by atoms with van der Waals surface area (Å²) < 4.78 is 10.5. The van der Waals surface area contributed by atoms with Crippen LogP contribution in [-0.2, 0) is 9.53 Å². The largest absolute Gasteiger partial charge is 0.478 e. The third kappa shape index (κ3) is 4.34. The lowest BCUT2D eigenvalue weighted by Gasteiger charge is -2.26. The maximum absolute atomic E-state index is 11.9. The fraction of sp³-hybridized carbons (Fsp3) is 0.615. The van der Waals surface area contributed by atoms with Crippen molar-refractivity contribution in [3.8, 4) is 5.88 Å². The molecule has 110 valence electrons. The Kier molecular flexibility index (Phi) is 5.55. The van der Waals surface area contributed by atoms with Crippen molar-refractivity contribution in [2.24, 2.45) is 0 Å². The molecule has 1 saturated heterocycles. The fourth-order valence-corrected chi connectivity index (χ4v) is 1.91. The molecule has 1 aromatic heterocycles. The molecule has 0 radical (unpaired) electrons. The molecule has 1 amide bonds. The molecule has 0 atom stereocenters. The van der Waals surface area contributed by atoms with Gasteiger partial charge in [-0.25, -0.2) is 4.98 Å². The van der Waals surface area contributed by atoms with Crippen molar-refractivity contribution in [1.29, 1.82) is 0 Å². The minimum Gasteiger partial charge on any atom is -0.478 e. The number of amides is 1. The lowest BCUT2D eigenvalue weighted by molar-refractivity contribution is -0.134. The molecule has 0 bridgehead atoms. The van der Waals surface area contributed by atoms with Crippen molar-refractivity contribution in [2.75, 3.05) is 44.8 Å². The number of carbonyl (C=O) groups excluding carboxylic acids is 1. The predicted octanol–water partition coefficient (Wildman–Crippen LogP) is 0.536. The zero-order valence-corrected chi connectivity index (χ0v) is 11.7. The van der Waals surface area contributed by atoms with Gasteiger partial charge in [0.05, 0.1) is 19.8 Å². The highest BCUT2D eigenvalue weighted by molar-refractivity contribution is 5.76. The number of hydrogen-bond donors (Lipinski definition) is 1. The van der Waals surface area contributed by atoms with Gasteiger partial charge in [-0.15, -0.1) is 0 Å². The van der Waals surface area contributed by atoms with Gasteiger partial charge in [0.2, 0.25) is 17.7 Å². The van der Waals surface area contributed by atoms with E-state index in [0.29, 0.717) is 57.7 Å². The van der Waals surface area contributed by atoms with Gasteiger partial charge in [0.15, 0.2) is 0 Å². The molecule has 7 nitrogen and oxygen atoms in total. The van der Waals surface area contributed by atoms with E-state index >= 15 is 0 Å². The van der Waals surface area contributed by atoms with E-state index in [0.717, 1.165) is 0 Å². The zero-order valence-electron chi connectivity index (χ0n) is 11.7. The number of hydrogen-bond acceptors (Lipinski definition) is 6. The normalized spacial score (nSPS) is 14.9. The lowest BCUT2D eigenvalue weighted by atomic mass is 10.3. The van der Waals surface area contributed by atoms with Crippen LogP contribution in [0.5, 0.6) is 5.88 Å². The highest BCUT2D eigenvalue weighted by Crippen LogP contribution is 2.08. The molecule has 1 aromatic rings. The first-order valence-corrected chi connectivity index (χ1v) is 6.85. The first-order chi connectivity index (χ1) is 9.79. The van der Waals surface area contributed by atoms with Gasteiger partial charge in [-0.2, -0.15) is 4.98 Å². The second-order valence-corrected chi connectivity index (χ2v) is 4.32. The second kappa shape index (κ2) is 7.64. The number of aromatic nitrogens is 2. The van der Waals surface area contributed by atoms with Crippen molar-refractivity contribution < 1.29 is 14.3 Å². The van der Waals surface area contributed by atoms with Gasteiger partial charge in [-0.3, -0.25) is 4.79 Å². The number of morpholine rings is 1. The Bertz CT molecular complexity index is 435. The van der Waals surface area contributed by atoms with Crippen LogP contribution in [0.15, 0.2) is 12.3 Å². The molecule has 2 rings (SSSR count). The van der Waals surface area contributed by atoms with E-state index in [1.165, 1.54) is 0 Å². The van der Waals surface area contributed by atoms with Gasteiger partial charge in [-0.05, 0) is 6.92 Å². The molecule has 0 aromatic carbocycles. The Morgan fingerprint density at radius 3 is 3.05 bits per heavy atom. The van der Waals surface area contributed by atoms with Crippen LogP contribution in [0.1, 0.15) is 13.3 Å².